The largest absolute Gasteiger partial charge is 0.349 e. The van der Waals surface area contributed by atoms with Gasteiger partial charge in [0, 0.05) is 12.0 Å². The van der Waals surface area contributed by atoms with Gasteiger partial charge in [-0.25, -0.2) is 21.9 Å². The highest BCUT2D eigenvalue weighted by molar-refractivity contribution is 7.89. The second-order valence-electron chi connectivity index (χ2n) is 7.86. The Morgan fingerprint density at radius 3 is 2.27 bits per heavy atom. The fraction of sp³-hybridized carbons (Fsp3) is 0.409. The zero-order chi connectivity index (χ0) is 21.9. The summed E-state index contributed by atoms with van der Waals surface area (Å²) in [5.74, 6) is -1.18. The molecule has 0 unspecified atom stereocenters. The molecule has 0 spiro atoms. The third-order valence-electron chi connectivity index (χ3n) is 5.60. The van der Waals surface area contributed by atoms with E-state index in [1.165, 1.54) is 24.3 Å². The van der Waals surface area contributed by atoms with E-state index in [1.54, 1.807) is 19.1 Å². The molecule has 30 heavy (non-hydrogen) atoms. The molecule has 0 aromatic heterocycles. The summed E-state index contributed by atoms with van der Waals surface area (Å²) in [6.45, 7) is 3.41. The SMILES string of the molecule is Cc1ccc(S(=O)(=O)NC2CCC(C(=O)N[C@H](C)c3ccc(F)cc3)CC2)cc1F. The quantitative estimate of drug-likeness (QED) is 0.719. The van der Waals surface area contributed by atoms with Gasteiger partial charge in [-0.05, 0) is 74.9 Å². The van der Waals surface area contributed by atoms with Gasteiger partial charge < -0.3 is 5.32 Å². The van der Waals surface area contributed by atoms with Crippen LogP contribution in [0.2, 0.25) is 0 Å². The highest BCUT2D eigenvalue weighted by atomic mass is 32.2. The summed E-state index contributed by atoms with van der Waals surface area (Å²) in [6, 6.07) is 9.30. The maximum absolute atomic E-state index is 13.7. The van der Waals surface area contributed by atoms with Crippen LogP contribution in [0.1, 0.15) is 49.8 Å². The lowest BCUT2D eigenvalue weighted by atomic mass is 9.85. The summed E-state index contributed by atoms with van der Waals surface area (Å²) in [5, 5.41) is 2.94. The second-order valence-corrected chi connectivity index (χ2v) is 9.58. The van der Waals surface area contributed by atoms with Crippen molar-refractivity contribution in [2.45, 2.75) is 56.5 Å². The number of rotatable bonds is 6. The van der Waals surface area contributed by atoms with E-state index in [9.17, 15) is 22.0 Å². The lowest BCUT2D eigenvalue weighted by molar-refractivity contribution is -0.126. The normalized spacial score (nSPS) is 20.5. The molecule has 1 aliphatic carbocycles. The van der Waals surface area contributed by atoms with Crippen molar-refractivity contribution in [3.05, 3.63) is 65.2 Å². The standard InChI is InChI=1S/C22H26F2N2O3S/c1-14-3-12-20(13-21(14)24)30(28,29)26-19-10-6-17(7-11-19)22(27)25-15(2)16-4-8-18(23)9-5-16/h3-5,8-9,12-13,15,17,19,26H,6-7,10-11H2,1-2H3,(H,25,27)/t15-,17?,19?/m1/s1. The van der Waals surface area contributed by atoms with Gasteiger partial charge in [0.25, 0.3) is 0 Å². The van der Waals surface area contributed by atoms with Crippen molar-refractivity contribution >= 4 is 15.9 Å². The number of sulfonamides is 1. The van der Waals surface area contributed by atoms with E-state index in [-0.39, 0.29) is 34.6 Å². The van der Waals surface area contributed by atoms with Crippen LogP contribution in [0.3, 0.4) is 0 Å². The van der Waals surface area contributed by atoms with Crippen LogP contribution in [0, 0.1) is 24.5 Å². The summed E-state index contributed by atoms with van der Waals surface area (Å²) in [5.41, 5.74) is 1.20. The number of hydrogen-bond donors (Lipinski definition) is 2. The molecule has 2 aromatic carbocycles. The van der Waals surface area contributed by atoms with Gasteiger partial charge in [0.15, 0.2) is 0 Å². The molecular weight excluding hydrogens is 410 g/mol. The number of carbonyl (C=O) groups is 1. The number of benzene rings is 2. The summed E-state index contributed by atoms with van der Waals surface area (Å²) < 4.78 is 54.4. The number of hydrogen-bond acceptors (Lipinski definition) is 3. The van der Waals surface area contributed by atoms with Crippen LogP contribution < -0.4 is 10.0 Å². The van der Waals surface area contributed by atoms with E-state index in [0.29, 0.717) is 31.2 Å². The molecule has 2 N–H and O–H groups in total. The Labute approximate surface area is 175 Å². The lowest BCUT2D eigenvalue weighted by Crippen LogP contribution is -2.41. The van der Waals surface area contributed by atoms with Gasteiger partial charge in [-0.1, -0.05) is 18.2 Å². The van der Waals surface area contributed by atoms with Crippen LogP contribution in [0.5, 0.6) is 0 Å². The molecule has 1 saturated carbocycles. The van der Waals surface area contributed by atoms with Gasteiger partial charge in [0.05, 0.1) is 10.9 Å². The molecule has 1 aliphatic rings. The molecule has 1 fully saturated rings. The third-order valence-corrected chi connectivity index (χ3v) is 7.12. The van der Waals surface area contributed by atoms with Crippen molar-refractivity contribution in [3.8, 4) is 0 Å². The van der Waals surface area contributed by atoms with E-state index in [2.05, 4.69) is 10.0 Å². The molecule has 0 bridgehead atoms. The molecule has 0 radical (unpaired) electrons. The second kappa shape index (κ2) is 9.22. The van der Waals surface area contributed by atoms with Crippen molar-refractivity contribution in [2.75, 3.05) is 0 Å². The minimum absolute atomic E-state index is 0.0891. The number of nitrogens with one attached hydrogen (secondary N) is 2. The van der Waals surface area contributed by atoms with Gasteiger partial charge in [-0.15, -0.1) is 0 Å². The molecule has 3 rings (SSSR count). The number of carbonyl (C=O) groups excluding carboxylic acids is 1. The zero-order valence-electron chi connectivity index (χ0n) is 17.0. The van der Waals surface area contributed by atoms with Gasteiger partial charge >= 0.3 is 0 Å². The summed E-state index contributed by atoms with van der Waals surface area (Å²) >= 11 is 0. The third kappa shape index (κ3) is 5.43. The van der Waals surface area contributed by atoms with E-state index in [0.717, 1.165) is 11.6 Å². The molecule has 8 heteroatoms. The number of amides is 1. The lowest BCUT2D eigenvalue weighted by Gasteiger charge is -2.29. The number of halogens is 2. The van der Waals surface area contributed by atoms with Crippen LogP contribution in [0.15, 0.2) is 47.4 Å². The minimum Gasteiger partial charge on any atom is -0.349 e. The molecule has 1 amide bonds. The molecular formula is C22H26F2N2O3S. The Morgan fingerprint density at radius 1 is 1.03 bits per heavy atom. The highest BCUT2D eigenvalue weighted by Gasteiger charge is 2.30. The van der Waals surface area contributed by atoms with Gasteiger partial charge in [-0.3, -0.25) is 4.79 Å². The highest BCUT2D eigenvalue weighted by Crippen LogP contribution is 2.27. The Morgan fingerprint density at radius 2 is 1.67 bits per heavy atom. The molecule has 2 aromatic rings. The maximum atomic E-state index is 13.7. The Hall–Kier alpha value is -2.32. The molecule has 0 saturated heterocycles. The molecule has 162 valence electrons. The Kier molecular flexibility index (Phi) is 6.88. The minimum atomic E-state index is -3.82. The van der Waals surface area contributed by atoms with Crippen LogP contribution in [0.4, 0.5) is 8.78 Å². The van der Waals surface area contributed by atoms with Crippen LogP contribution in [0.25, 0.3) is 0 Å². The average Bonchev–Trinajstić information content (AvgIpc) is 2.70. The fourth-order valence-corrected chi connectivity index (χ4v) is 4.98. The van der Waals surface area contributed by atoms with E-state index in [1.807, 2.05) is 6.92 Å². The topological polar surface area (TPSA) is 75.3 Å². The van der Waals surface area contributed by atoms with Gasteiger partial charge in [0.2, 0.25) is 15.9 Å². The van der Waals surface area contributed by atoms with E-state index >= 15 is 0 Å². The first-order valence-corrected chi connectivity index (χ1v) is 11.5. The maximum Gasteiger partial charge on any atom is 0.240 e. The first-order valence-electron chi connectivity index (χ1n) is 10.00. The van der Waals surface area contributed by atoms with Crippen molar-refractivity contribution in [2.24, 2.45) is 5.92 Å². The summed E-state index contributed by atoms with van der Waals surface area (Å²) in [6.07, 6.45) is 2.15. The van der Waals surface area contributed by atoms with Crippen LogP contribution in [-0.2, 0) is 14.8 Å². The smallest absolute Gasteiger partial charge is 0.240 e. The predicted octanol–water partition coefficient (Wildman–Crippen LogP) is 3.99. The van der Waals surface area contributed by atoms with E-state index < -0.39 is 15.8 Å². The predicted molar refractivity (Wildman–Crippen MR) is 110 cm³/mol. The Bertz CT molecular complexity index is 1000. The van der Waals surface area contributed by atoms with E-state index in [4.69, 9.17) is 0 Å². The number of aryl methyl sites for hydroxylation is 1. The van der Waals surface area contributed by atoms with Crippen molar-refractivity contribution in [3.63, 3.8) is 0 Å². The average molecular weight is 437 g/mol. The molecule has 0 aliphatic heterocycles. The van der Waals surface area contributed by atoms with Crippen LogP contribution >= 0.6 is 0 Å². The molecule has 0 heterocycles. The van der Waals surface area contributed by atoms with Crippen molar-refractivity contribution < 1.29 is 22.0 Å². The fourth-order valence-electron chi connectivity index (χ4n) is 3.67. The summed E-state index contributed by atoms with van der Waals surface area (Å²) in [7, 11) is -3.82. The van der Waals surface area contributed by atoms with Crippen LogP contribution in [-0.4, -0.2) is 20.4 Å². The van der Waals surface area contributed by atoms with Gasteiger partial charge in [-0.2, -0.15) is 0 Å². The van der Waals surface area contributed by atoms with Gasteiger partial charge in [0.1, 0.15) is 11.6 Å². The summed E-state index contributed by atoms with van der Waals surface area (Å²) in [4.78, 5) is 12.5. The van der Waals surface area contributed by atoms with Crippen molar-refractivity contribution in [1.82, 2.24) is 10.0 Å². The van der Waals surface area contributed by atoms with Crippen molar-refractivity contribution in [1.29, 1.82) is 0 Å². The monoisotopic (exact) mass is 436 g/mol. The Balaban J connectivity index is 1.53. The molecule has 5 nitrogen and oxygen atoms in total. The molecule has 1 atom stereocenters. The zero-order valence-corrected chi connectivity index (χ0v) is 17.8. The first kappa shape index (κ1) is 22.4. The first-order chi connectivity index (χ1) is 14.2.